The molecule has 2 aromatic carbocycles. The van der Waals surface area contributed by atoms with Crippen molar-refractivity contribution >= 4 is 17.6 Å². The van der Waals surface area contributed by atoms with Crippen LogP contribution in [0.4, 0.5) is 5.69 Å². The van der Waals surface area contributed by atoms with Gasteiger partial charge in [0.1, 0.15) is 5.75 Å². The summed E-state index contributed by atoms with van der Waals surface area (Å²) in [6.45, 7) is 1.80. The van der Waals surface area contributed by atoms with Gasteiger partial charge >= 0.3 is 5.97 Å². The number of carbonyl (C=O) groups is 2. The van der Waals surface area contributed by atoms with Crippen molar-refractivity contribution in [3.8, 4) is 17.1 Å². The number of methoxy groups -OCH3 is 1. The fourth-order valence-electron chi connectivity index (χ4n) is 2.49. The van der Waals surface area contributed by atoms with E-state index in [2.05, 4.69) is 20.2 Å². The first kappa shape index (κ1) is 20.1. The predicted molar refractivity (Wildman–Crippen MR) is 105 cm³/mol. The predicted octanol–water partition coefficient (Wildman–Crippen LogP) is 3.17. The van der Waals surface area contributed by atoms with E-state index in [4.69, 9.17) is 9.26 Å². The Kier molecular flexibility index (Phi) is 6.57. The van der Waals surface area contributed by atoms with Gasteiger partial charge in [0.15, 0.2) is 6.61 Å². The average Bonchev–Trinajstić information content (AvgIpc) is 3.20. The minimum atomic E-state index is -0.482. The highest BCUT2D eigenvalue weighted by molar-refractivity contribution is 5.91. The Morgan fingerprint density at radius 2 is 1.93 bits per heavy atom. The Balaban J connectivity index is 1.51. The summed E-state index contributed by atoms with van der Waals surface area (Å²) in [6.07, 6.45) is 0.506. The molecule has 8 heteroatoms. The molecule has 1 heterocycles. The highest BCUT2D eigenvalue weighted by atomic mass is 16.6. The van der Waals surface area contributed by atoms with E-state index in [1.165, 1.54) is 7.11 Å². The van der Waals surface area contributed by atoms with Crippen molar-refractivity contribution < 1.29 is 23.6 Å². The monoisotopic (exact) mass is 395 g/mol. The summed E-state index contributed by atoms with van der Waals surface area (Å²) in [5.74, 6) is 0.656. The Morgan fingerprint density at radius 3 is 2.69 bits per heavy atom. The van der Waals surface area contributed by atoms with Crippen LogP contribution in [0, 0.1) is 6.92 Å². The molecule has 0 radical (unpaired) electrons. The van der Waals surface area contributed by atoms with Crippen molar-refractivity contribution in [1.29, 1.82) is 0 Å². The third-order valence-electron chi connectivity index (χ3n) is 4.05. The van der Waals surface area contributed by atoms with Gasteiger partial charge in [0, 0.05) is 30.2 Å². The molecule has 0 aliphatic heterocycles. The average molecular weight is 395 g/mol. The lowest BCUT2D eigenvalue weighted by Crippen LogP contribution is -2.14. The number of esters is 1. The van der Waals surface area contributed by atoms with Crippen LogP contribution in [-0.4, -0.2) is 35.7 Å². The van der Waals surface area contributed by atoms with Crippen molar-refractivity contribution in [2.24, 2.45) is 0 Å². The number of rotatable bonds is 8. The van der Waals surface area contributed by atoms with Gasteiger partial charge < -0.3 is 19.3 Å². The number of nitrogens with one attached hydrogen (secondary N) is 1. The molecular weight excluding hydrogens is 374 g/mol. The molecule has 0 fully saturated rings. The van der Waals surface area contributed by atoms with Crippen LogP contribution in [0.25, 0.3) is 11.4 Å². The molecule has 1 aromatic heterocycles. The second-order valence-electron chi connectivity index (χ2n) is 6.32. The lowest BCUT2D eigenvalue weighted by atomic mass is 10.1. The molecule has 0 spiro atoms. The Bertz CT molecular complexity index is 982. The molecule has 3 aromatic rings. The number of hydrogen-bond acceptors (Lipinski definition) is 7. The Labute approximate surface area is 167 Å². The van der Waals surface area contributed by atoms with Gasteiger partial charge in [0.2, 0.25) is 17.6 Å². The van der Waals surface area contributed by atoms with E-state index in [0.717, 1.165) is 11.1 Å². The van der Waals surface area contributed by atoms with Gasteiger partial charge in [-0.15, -0.1) is 0 Å². The second-order valence-corrected chi connectivity index (χ2v) is 6.32. The number of hydrogen-bond donors (Lipinski definition) is 1. The van der Waals surface area contributed by atoms with Crippen LogP contribution in [0.5, 0.6) is 5.75 Å². The summed E-state index contributed by atoms with van der Waals surface area (Å²) in [7, 11) is 1.29. The Hall–Kier alpha value is -3.68. The first-order chi connectivity index (χ1) is 14.0. The summed E-state index contributed by atoms with van der Waals surface area (Å²) in [5, 5.41) is 6.73. The van der Waals surface area contributed by atoms with Crippen molar-refractivity contribution in [2.75, 3.05) is 19.0 Å². The highest BCUT2D eigenvalue weighted by Gasteiger charge is 2.11. The molecule has 29 heavy (non-hydrogen) atoms. The molecule has 8 nitrogen and oxygen atoms in total. The van der Waals surface area contributed by atoms with Crippen LogP contribution in [0.3, 0.4) is 0 Å². The number of nitrogens with zero attached hydrogens (tertiary/aromatic N) is 2. The van der Waals surface area contributed by atoms with E-state index in [0.29, 0.717) is 29.6 Å². The molecule has 150 valence electrons. The third-order valence-corrected chi connectivity index (χ3v) is 4.05. The zero-order valence-corrected chi connectivity index (χ0v) is 16.2. The molecule has 0 saturated heterocycles. The van der Waals surface area contributed by atoms with Gasteiger partial charge in [-0.05, 0) is 19.1 Å². The molecule has 3 rings (SSSR count). The van der Waals surface area contributed by atoms with Crippen LogP contribution in [0.15, 0.2) is 53.1 Å². The second kappa shape index (κ2) is 9.50. The summed E-state index contributed by atoms with van der Waals surface area (Å²) in [4.78, 5) is 27.7. The van der Waals surface area contributed by atoms with Gasteiger partial charge in [-0.25, -0.2) is 4.79 Å². The first-order valence-corrected chi connectivity index (χ1v) is 9.02. The number of aryl methyl sites for hydroxylation is 2. The molecular formula is C21H21N3O5. The smallest absolute Gasteiger partial charge is 0.343 e. The summed E-state index contributed by atoms with van der Waals surface area (Å²) < 4.78 is 15.1. The molecule has 0 atom stereocenters. The third kappa shape index (κ3) is 5.90. The fourth-order valence-corrected chi connectivity index (χ4v) is 2.49. The van der Waals surface area contributed by atoms with E-state index < -0.39 is 5.97 Å². The number of anilines is 1. The minimum Gasteiger partial charge on any atom is -0.482 e. The van der Waals surface area contributed by atoms with Crippen molar-refractivity contribution in [3.05, 3.63) is 60.0 Å². The van der Waals surface area contributed by atoms with E-state index >= 15 is 0 Å². The van der Waals surface area contributed by atoms with Crippen molar-refractivity contribution in [3.63, 3.8) is 0 Å². The summed E-state index contributed by atoms with van der Waals surface area (Å²) >= 11 is 0. The molecule has 1 amide bonds. The summed E-state index contributed by atoms with van der Waals surface area (Å²) in [5.41, 5.74) is 2.57. The van der Waals surface area contributed by atoms with E-state index in [9.17, 15) is 9.59 Å². The maximum Gasteiger partial charge on any atom is 0.343 e. The normalized spacial score (nSPS) is 10.4. The number of ether oxygens (including phenoxy) is 2. The fraction of sp³-hybridized carbons (Fsp3) is 0.238. The Morgan fingerprint density at radius 1 is 1.14 bits per heavy atom. The van der Waals surface area contributed by atoms with Gasteiger partial charge in [0.25, 0.3) is 0 Å². The van der Waals surface area contributed by atoms with Gasteiger partial charge in [-0.1, -0.05) is 41.1 Å². The van der Waals surface area contributed by atoms with E-state index in [1.54, 1.807) is 24.3 Å². The maximum atomic E-state index is 12.2. The van der Waals surface area contributed by atoms with Crippen molar-refractivity contribution in [2.45, 2.75) is 19.8 Å². The molecule has 1 N–H and O–H groups in total. The van der Waals surface area contributed by atoms with Gasteiger partial charge in [-0.3, -0.25) is 4.79 Å². The van der Waals surface area contributed by atoms with Crippen LogP contribution in [0.1, 0.15) is 17.9 Å². The van der Waals surface area contributed by atoms with Crippen LogP contribution in [-0.2, 0) is 20.7 Å². The SMILES string of the molecule is COC(=O)COc1cccc(NC(=O)CCc2nc(-c3ccc(C)cc3)no2)c1. The summed E-state index contributed by atoms with van der Waals surface area (Å²) in [6, 6.07) is 14.5. The number of aromatic nitrogens is 2. The minimum absolute atomic E-state index is 0.183. The van der Waals surface area contributed by atoms with E-state index in [1.807, 2.05) is 31.2 Å². The van der Waals surface area contributed by atoms with Gasteiger partial charge in [0.05, 0.1) is 7.11 Å². The quantitative estimate of drug-likeness (QED) is 0.584. The molecule has 0 bridgehead atoms. The molecule has 0 saturated carbocycles. The maximum absolute atomic E-state index is 12.2. The topological polar surface area (TPSA) is 104 Å². The van der Waals surface area contributed by atoms with Crippen LogP contribution in [0.2, 0.25) is 0 Å². The molecule has 0 unspecified atom stereocenters. The number of amides is 1. The molecule has 0 aliphatic rings. The van der Waals surface area contributed by atoms with Crippen LogP contribution < -0.4 is 10.1 Å². The number of carbonyl (C=O) groups excluding carboxylic acids is 2. The van der Waals surface area contributed by atoms with E-state index in [-0.39, 0.29) is 18.9 Å². The first-order valence-electron chi connectivity index (χ1n) is 9.02. The largest absolute Gasteiger partial charge is 0.482 e. The lowest BCUT2D eigenvalue weighted by molar-refractivity contribution is -0.142. The van der Waals surface area contributed by atoms with Gasteiger partial charge in [-0.2, -0.15) is 4.98 Å². The highest BCUT2D eigenvalue weighted by Crippen LogP contribution is 2.19. The number of benzene rings is 2. The standard InChI is InChI=1S/C21H21N3O5/c1-14-6-8-15(9-7-14)21-23-19(29-24-21)11-10-18(25)22-16-4-3-5-17(12-16)28-13-20(26)27-2/h3-9,12H,10-11,13H2,1-2H3,(H,22,25). The zero-order valence-electron chi connectivity index (χ0n) is 16.2. The van der Waals surface area contributed by atoms with Crippen molar-refractivity contribution in [1.82, 2.24) is 10.1 Å². The van der Waals surface area contributed by atoms with Crippen LogP contribution >= 0.6 is 0 Å². The zero-order chi connectivity index (χ0) is 20.6. The molecule has 0 aliphatic carbocycles. The lowest BCUT2D eigenvalue weighted by Gasteiger charge is -2.08.